The zero-order valence-electron chi connectivity index (χ0n) is 3.03. The Morgan fingerprint density at radius 2 is 2.12 bits per heavy atom. The second kappa shape index (κ2) is 6.36. The molecule has 8 heavy (non-hydrogen) atoms. The van der Waals surface area contributed by atoms with Crippen molar-refractivity contribution in [2.45, 2.75) is 5.63 Å². The Morgan fingerprint density at radius 3 is 2.12 bits per heavy atom. The predicted molar refractivity (Wildman–Crippen MR) is 31.2 cm³/mol. The van der Waals surface area contributed by atoms with E-state index >= 15 is 0 Å². The van der Waals surface area contributed by atoms with Gasteiger partial charge in [0.2, 0.25) is 0 Å². The van der Waals surface area contributed by atoms with Crippen molar-refractivity contribution in [2.24, 2.45) is 0 Å². The maximum absolute atomic E-state index is 11.3. The topological polar surface area (TPSA) is 26.3 Å². The first-order valence-corrected chi connectivity index (χ1v) is 2.03. The standard InChI is InChI=1S/C2HCl2FO2.Ca.2H/c3-1(5)2(6)7-4;;;/h1H;;;. The molecule has 0 aromatic heterocycles. The number of alkyl halides is 2. The van der Waals surface area contributed by atoms with Gasteiger partial charge in [-0.05, 0) is 0 Å². The Labute approximate surface area is 85.4 Å². The molecular formula is C2H3CaCl2FO2. The molecule has 0 aliphatic heterocycles. The third-order valence-corrected chi connectivity index (χ3v) is 0.584. The molecule has 0 saturated heterocycles. The summed E-state index contributed by atoms with van der Waals surface area (Å²) in [6.45, 7) is 0. The molecule has 0 aromatic rings. The molecule has 0 amide bonds. The molecule has 0 N–H and O–H groups in total. The Bertz CT molecular complexity index is 78.4. The van der Waals surface area contributed by atoms with Gasteiger partial charge in [0, 0.05) is 0 Å². The average molecular weight is 189 g/mol. The number of carbonyl (C=O) groups is 1. The maximum atomic E-state index is 11.3. The van der Waals surface area contributed by atoms with Gasteiger partial charge in [-0.25, -0.2) is 9.18 Å². The van der Waals surface area contributed by atoms with Gasteiger partial charge >= 0.3 is 43.7 Å². The fourth-order valence-electron chi connectivity index (χ4n) is 0.0337. The van der Waals surface area contributed by atoms with E-state index < -0.39 is 11.6 Å². The Balaban J connectivity index is 0. The van der Waals surface area contributed by atoms with E-state index in [0.717, 1.165) is 0 Å². The van der Waals surface area contributed by atoms with Gasteiger partial charge in [-0.15, -0.1) is 0 Å². The van der Waals surface area contributed by atoms with Crippen LogP contribution in [0.15, 0.2) is 0 Å². The molecule has 0 radical (unpaired) electrons. The molecule has 0 spiro atoms. The molecule has 1 unspecified atom stereocenters. The molecule has 46 valence electrons. The van der Waals surface area contributed by atoms with Gasteiger partial charge in [-0.1, -0.05) is 11.6 Å². The number of hydrogen-bond donors (Lipinski definition) is 0. The van der Waals surface area contributed by atoms with Crippen molar-refractivity contribution in [3.8, 4) is 0 Å². The minimum atomic E-state index is -2.16. The molecule has 0 fully saturated rings. The van der Waals surface area contributed by atoms with Crippen molar-refractivity contribution in [1.82, 2.24) is 0 Å². The molecule has 2 nitrogen and oxygen atoms in total. The van der Waals surface area contributed by atoms with E-state index in [2.05, 4.69) is 27.8 Å². The van der Waals surface area contributed by atoms with Gasteiger partial charge in [-0.3, -0.25) is 0 Å². The molecule has 6 heteroatoms. The summed E-state index contributed by atoms with van der Waals surface area (Å²) < 4.78 is 14.6. The molecular weight excluding hydrogens is 186 g/mol. The van der Waals surface area contributed by atoms with Crippen molar-refractivity contribution in [2.75, 3.05) is 0 Å². The van der Waals surface area contributed by atoms with E-state index in [4.69, 9.17) is 0 Å². The van der Waals surface area contributed by atoms with Crippen LogP contribution in [0, 0.1) is 0 Å². The van der Waals surface area contributed by atoms with E-state index in [9.17, 15) is 9.18 Å². The zero-order valence-corrected chi connectivity index (χ0v) is 4.54. The SMILES string of the molecule is O=C(OCl)C(F)Cl.[CaH2]. The predicted octanol–water partition coefficient (Wildman–Crippen LogP) is 0.302. The third-order valence-electron chi connectivity index (χ3n) is 0.254. The first-order valence-electron chi connectivity index (χ1n) is 1.29. The number of carbonyl (C=O) groups excluding carboxylic acids is 1. The fourth-order valence-corrected chi connectivity index (χ4v) is 0.202. The van der Waals surface area contributed by atoms with Crippen LogP contribution in [0.25, 0.3) is 0 Å². The van der Waals surface area contributed by atoms with Crippen molar-refractivity contribution in [1.29, 1.82) is 0 Å². The van der Waals surface area contributed by atoms with E-state index in [1.165, 1.54) is 0 Å². The molecule has 0 saturated carbocycles. The van der Waals surface area contributed by atoms with Crippen LogP contribution in [0.1, 0.15) is 0 Å². The Kier molecular flexibility index (Phi) is 9.52. The molecule has 0 rings (SSSR count). The molecule has 1 atom stereocenters. The van der Waals surface area contributed by atoms with Gasteiger partial charge in [0.15, 0.2) is 0 Å². The zero-order chi connectivity index (χ0) is 5.86. The summed E-state index contributed by atoms with van der Waals surface area (Å²) in [4.78, 5) is 9.65. The van der Waals surface area contributed by atoms with E-state index in [0.29, 0.717) is 0 Å². The van der Waals surface area contributed by atoms with Crippen LogP contribution in [0.2, 0.25) is 0 Å². The second-order valence-electron chi connectivity index (χ2n) is 0.697. The van der Waals surface area contributed by atoms with E-state index in [1.54, 1.807) is 0 Å². The fraction of sp³-hybridized carbons (Fsp3) is 0.500. The van der Waals surface area contributed by atoms with Crippen LogP contribution < -0.4 is 0 Å². The Morgan fingerprint density at radius 1 is 1.75 bits per heavy atom. The average Bonchev–Trinajstić information content (AvgIpc) is 1.65. The molecule has 0 aliphatic carbocycles. The normalized spacial score (nSPS) is 11.4. The van der Waals surface area contributed by atoms with Gasteiger partial charge in [0.25, 0.3) is 5.63 Å². The van der Waals surface area contributed by atoms with E-state index in [1.807, 2.05) is 0 Å². The summed E-state index contributed by atoms with van der Waals surface area (Å²) >= 11 is 8.88. The summed E-state index contributed by atoms with van der Waals surface area (Å²) in [5.74, 6) is -1.29. The Hall–Kier alpha value is 1.24. The summed E-state index contributed by atoms with van der Waals surface area (Å²) in [5, 5.41) is 0. The van der Waals surface area contributed by atoms with Crippen LogP contribution in [-0.4, -0.2) is 49.3 Å². The van der Waals surface area contributed by atoms with Crippen molar-refractivity contribution in [3.63, 3.8) is 0 Å². The van der Waals surface area contributed by atoms with Gasteiger partial charge in [0.05, 0.1) is 0 Å². The first kappa shape index (κ1) is 12.0. The van der Waals surface area contributed by atoms with Crippen LogP contribution in [0.3, 0.4) is 0 Å². The van der Waals surface area contributed by atoms with Crippen LogP contribution in [-0.2, 0) is 9.08 Å². The van der Waals surface area contributed by atoms with Crippen LogP contribution in [0.4, 0.5) is 4.39 Å². The van der Waals surface area contributed by atoms with Crippen LogP contribution >= 0.6 is 23.5 Å². The summed E-state index contributed by atoms with van der Waals surface area (Å²) in [5.41, 5.74) is -2.16. The van der Waals surface area contributed by atoms with Crippen molar-refractivity contribution < 1.29 is 13.5 Å². The minimum absolute atomic E-state index is 0. The van der Waals surface area contributed by atoms with Gasteiger partial charge < -0.3 is 4.29 Å². The van der Waals surface area contributed by atoms with Crippen molar-refractivity contribution >= 4 is 67.2 Å². The van der Waals surface area contributed by atoms with Gasteiger partial charge in [0.1, 0.15) is 11.9 Å². The summed E-state index contributed by atoms with van der Waals surface area (Å²) in [6, 6.07) is 0. The monoisotopic (exact) mass is 188 g/mol. The molecule has 0 aliphatic rings. The number of hydrogen-bond acceptors (Lipinski definition) is 2. The van der Waals surface area contributed by atoms with Crippen molar-refractivity contribution in [3.05, 3.63) is 0 Å². The molecule has 0 heterocycles. The quantitative estimate of drug-likeness (QED) is 0.438. The third kappa shape index (κ3) is 5.38. The number of rotatable bonds is 1. The summed E-state index contributed by atoms with van der Waals surface area (Å²) in [6.07, 6.45) is 0. The van der Waals surface area contributed by atoms with E-state index in [-0.39, 0.29) is 37.7 Å². The number of halogens is 3. The summed E-state index contributed by atoms with van der Waals surface area (Å²) in [7, 11) is 0. The molecule has 0 aromatic carbocycles. The first-order chi connectivity index (χ1) is 3.18. The second-order valence-corrected chi connectivity index (χ2v) is 1.23. The van der Waals surface area contributed by atoms with Crippen LogP contribution in [0.5, 0.6) is 0 Å². The van der Waals surface area contributed by atoms with Gasteiger partial charge in [-0.2, -0.15) is 0 Å². The molecule has 0 bridgehead atoms.